The molecule has 1 heterocycles. The zero-order chi connectivity index (χ0) is 36.3. The number of rotatable bonds is 14. The van der Waals surface area contributed by atoms with Gasteiger partial charge in [-0.3, -0.25) is 0 Å². The van der Waals surface area contributed by atoms with Crippen LogP contribution < -0.4 is 9.47 Å². The van der Waals surface area contributed by atoms with Crippen molar-refractivity contribution in [3.8, 4) is 23.0 Å². The highest BCUT2D eigenvalue weighted by Gasteiger charge is 2.47. The minimum atomic E-state index is -0.855. The van der Waals surface area contributed by atoms with Gasteiger partial charge in [0.2, 0.25) is 5.75 Å². The van der Waals surface area contributed by atoms with Gasteiger partial charge in [-0.05, 0) is 58.7 Å². The number of aromatic hydroxyl groups is 2. The summed E-state index contributed by atoms with van der Waals surface area (Å²) < 4.78 is 29.1. The Morgan fingerprint density at radius 2 is 1.06 bits per heavy atom. The summed E-state index contributed by atoms with van der Waals surface area (Å²) in [6, 6.07) is 24.7. The molecule has 4 aromatic carbocycles. The third kappa shape index (κ3) is 8.95. The van der Waals surface area contributed by atoms with Crippen LogP contribution in [-0.2, 0) is 37.0 Å². The molecule has 1 aliphatic rings. The number of benzene rings is 4. The van der Waals surface area contributed by atoms with Crippen molar-refractivity contribution < 1.29 is 53.7 Å². The van der Waals surface area contributed by atoms with E-state index >= 15 is 0 Å². The van der Waals surface area contributed by atoms with Gasteiger partial charge in [-0.15, -0.1) is 0 Å². The molecule has 0 saturated carbocycles. The molecule has 0 unspecified atom stereocenters. The number of aliphatic hydroxyl groups excluding tert-OH is 2. The van der Waals surface area contributed by atoms with Crippen molar-refractivity contribution in [2.75, 3.05) is 27.4 Å². The van der Waals surface area contributed by atoms with Crippen molar-refractivity contribution in [3.05, 3.63) is 130 Å². The first-order valence-corrected chi connectivity index (χ1v) is 16.2. The summed E-state index contributed by atoms with van der Waals surface area (Å²) >= 11 is 0. The molecule has 0 aliphatic carbocycles. The summed E-state index contributed by atoms with van der Waals surface area (Å²) in [7, 11) is 2.78. The van der Waals surface area contributed by atoms with Gasteiger partial charge in [-0.1, -0.05) is 60.7 Å². The molecule has 1 aliphatic heterocycles. The van der Waals surface area contributed by atoms with Crippen LogP contribution in [-0.4, -0.2) is 59.8 Å². The van der Waals surface area contributed by atoms with Crippen LogP contribution in [0, 0.1) is 11.8 Å². The van der Waals surface area contributed by atoms with E-state index in [4.69, 9.17) is 23.7 Å². The fraction of sp³-hybridized carbons (Fsp3) is 0.250. The number of phenolic OH excluding ortho intramolecular Hbond substituents is 1. The molecule has 4 aromatic rings. The number of phenols is 2. The van der Waals surface area contributed by atoms with Gasteiger partial charge in [-0.2, -0.15) is 0 Å². The van der Waals surface area contributed by atoms with Crippen LogP contribution in [0.15, 0.2) is 97.1 Å². The molecular weight excluding hydrogens is 656 g/mol. The number of ether oxygens (including phenoxy) is 5. The lowest BCUT2D eigenvalue weighted by molar-refractivity contribution is -0.143. The summed E-state index contributed by atoms with van der Waals surface area (Å²) in [6.07, 6.45) is 4.19. The summed E-state index contributed by atoms with van der Waals surface area (Å²) in [5.41, 5.74) is 2.91. The molecule has 0 radical (unpaired) electrons. The quantitative estimate of drug-likeness (QED) is 0.0952. The van der Waals surface area contributed by atoms with Crippen LogP contribution >= 0.6 is 0 Å². The van der Waals surface area contributed by atoms with Crippen molar-refractivity contribution in [2.45, 2.75) is 25.4 Å². The molecule has 0 amide bonds. The molecule has 11 heteroatoms. The maximum absolute atomic E-state index is 13.0. The second kappa shape index (κ2) is 17.3. The lowest BCUT2D eigenvalue weighted by Crippen LogP contribution is -2.27. The zero-order valence-corrected chi connectivity index (χ0v) is 28.2. The Labute approximate surface area is 295 Å². The number of carbonyl (C=O) groups excluding carboxylic acids is 2. The zero-order valence-electron chi connectivity index (χ0n) is 28.2. The smallest absolute Gasteiger partial charge is 0.330 e. The van der Waals surface area contributed by atoms with Crippen molar-refractivity contribution >= 4 is 24.1 Å². The van der Waals surface area contributed by atoms with Crippen molar-refractivity contribution in [3.63, 3.8) is 0 Å². The molecule has 0 bridgehead atoms. The predicted molar refractivity (Wildman–Crippen MR) is 188 cm³/mol. The topological polar surface area (TPSA) is 161 Å². The van der Waals surface area contributed by atoms with Gasteiger partial charge in [0.25, 0.3) is 0 Å². The summed E-state index contributed by atoms with van der Waals surface area (Å²) in [4.78, 5) is 26.0. The third-order valence-electron chi connectivity index (χ3n) is 8.67. The average Bonchev–Trinajstić information content (AvgIpc) is 3.53. The summed E-state index contributed by atoms with van der Waals surface area (Å²) in [6.45, 7) is -1.40. The Hall–Kier alpha value is -5.62. The minimum absolute atomic E-state index is 0.113. The van der Waals surface area contributed by atoms with Crippen LogP contribution in [0.5, 0.6) is 23.0 Å². The Balaban J connectivity index is 1.54. The second-order valence-electron chi connectivity index (χ2n) is 11.8. The molecule has 11 nitrogen and oxygen atoms in total. The molecule has 51 heavy (non-hydrogen) atoms. The monoisotopic (exact) mass is 696 g/mol. The van der Waals surface area contributed by atoms with E-state index < -0.39 is 49.2 Å². The predicted octanol–water partition coefficient (Wildman–Crippen LogP) is 5.66. The fourth-order valence-electron chi connectivity index (χ4n) is 6.06. The molecule has 1 fully saturated rings. The number of methoxy groups -OCH3 is 2. The fourth-order valence-corrected chi connectivity index (χ4v) is 6.06. The van der Waals surface area contributed by atoms with Crippen LogP contribution in [0.4, 0.5) is 0 Å². The normalized spacial score (nSPS) is 18.6. The third-order valence-corrected chi connectivity index (χ3v) is 8.67. The molecule has 1 saturated heterocycles. The van der Waals surface area contributed by atoms with Crippen molar-refractivity contribution in [1.82, 2.24) is 0 Å². The second-order valence-corrected chi connectivity index (χ2v) is 11.8. The molecule has 266 valence electrons. The van der Waals surface area contributed by atoms with Crippen molar-refractivity contribution in [1.29, 1.82) is 0 Å². The van der Waals surface area contributed by atoms with E-state index in [9.17, 15) is 30.0 Å². The van der Waals surface area contributed by atoms with E-state index in [1.807, 2.05) is 60.7 Å². The maximum Gasteiger partial charge on any atom is 0.330 e. The number of hydrogen-bond donors (Lipinski definition) is 4. The first-order chi connectivity index (χ1) is 24.8. The lowest BCUT2D eigenvalue weighted by atomic mass is 9.83. The van der Waals surface area contributed by atoms with Gasteiger partial charge in [0.05, 0.1) is 52.9 Å². The lowest BCUT2D eigenvalue weighted by Gasteiger charge is -2.24. The SMILES string of the molecule is COc1cc([C@@H]2O[C@@H](c3cc(CO)c(O)c(CO)c3)[C@H](COC(=O)/C=C/c3ccccc3)[C@H]2COC(=O)/C=C/c2ccccc2)cc(OC)c1O. The highest BCUT2D eigenvalue weighted by atomic mass is 16.6. The van der Waals surface area contributed by atoms with E-state index in [1.165, 1.54) is 26.4 Å². The Bertz CT molecular complexity index is 1670. The van der Waals surface area contributed by atoms with Crippen LogP contribution in [0.3, 0.4) is 0 Å². The van der Waals surface area contributed by atoms with Crippen molar-refractivity contribution in [2.24, 2.45) is 11.8 Å². The Kier molecular flexibility index (Phi) is 12.5. The van der Waals surface area contributed by atoms with Crippen LogP contribution in [0.25, 0.3) is 12.2 Å². The van der Waals surface area contributed by atoms with E-state index in [-0.39, 0.29) is 47.3 Å². The molecule has 4 atom stereocenters. The van der Waals surface area contributed by atoms with Crippen LogP contribution in [0.1, 0.15) is 45.6 Å². The first-order valence-electron chi connectivity index (χ1n) is 16.2. The molecule has 4 N–H and O–H groups in total. The largest absolute Gasteiger partial charge is 0.507 e. The highest BCUT2D eigenvalue weighted by Crippen LogP contribution is 2.52. The van der Waals surface area contributed by atoms with Gasteiger partial charge in [-0.25, -0.2) is 9.59 Å². The summed E-state index contributed by atoms with van der Waals surface area (Å²) in [5, 5.41) is 41.3. The Morgan fingerprint density at radius 1 is 0.647 bits per heavy atom. The van der Waals surface area contributed by atoms with Gasteiger partial charge in [0, 0.05) is 35.1 Å². The van der Waals surface area contributed by atoms with Gasteiger partial charge >= 0.3 is 11.9 Å². The van der Waals surface area contributed by atoms with E-state index in [0.29, 0.717) is 11.1 Å². The first kappa shape index (κ1) is 36.7. The van der Waals surface area contributed by atoms with Gasteiger partial charge in [0.15, 0.2) is 11.5 Å². The van der Waals surface area contributed by atoms with E-state index in [2.05, 4.69) is 0 Å². The number of esters is 2. The number of hydrogen-bond acceptors (Lipinski definition) is 11. The minimum Gasteiger partial charge on any atom is -0.507 e. The highest BCUT2D eigenvalue weighted by molar-refractivity contribution is 5.87. The van der Waals surface area contributed by atoms with E-state index in [0.717, 1.165) is 11.1 Å². The maximum atomic E-state index is 13.0. The van der Waals surface area contributed by atoms with Crippen LogP contribution in [0.2, 0.25) is 0 Å². The summed E-state index contributed by atoms with van der Waals surface area (Å²) in [5.74, 6) is -2.80. The number of aliphatic hydroxyl groups is 2. The average molecular weight is 697 g/mol. The molecule has 0 aromatic heterocycles. The molecule has 5 rings (SSSR count). The van der Waals surface area contributed by atoms with E-state index in [1.54, 1.807) is 36.4 Å². The molecular formula is C40H40O11. The Morgan fingerprint density at radius 3 is 1.45 bits per heavy atom. The van der Waals surface area contributed by atoms with Gasteiger partial charge < -0.3 is 44.1 Å². The standard InChI is InChI=1S/C40H40O11/c1-47-33-19-28(20-34(48-2)38(33)46)40-32(24-50-36(44)16-14-26-11-7-4-8-12-26)31(23-49-35(43)15-13-25-9-5-3-6-10-25)39(51-40)27-17-29(21-41)37(45)30(18-27)22-42/h3-20,31-32,39-42,45-46H,21-24H2,1-2H3/b15-13+,16-14+/t31-,32-,39+,40+/m1/s1. The van der Waals surface area contributed by atoms with Gasteiger partial charge in [0.1, 0.15) is 5.75 Å². The number of carbonyl (C=O) groups is 2. The molecule has 0 spiro atoms.